The van der Waals surface area contributed by atoms with Gasteiger partial charge in [-0.15, -0.1) is 0 Å². The summed E-state index contributed by atoms with van der Waals surface area (Å²) in [6.45, 7) is 0. The highest BCUT2D eigenvalue weighted by atomic mass is 35.5. The molecule has 0 aromatic rings. The van der Waals surface area contributed by atoms with Crippen LogP contribution < -0.4 is 5.32 Å². The summed E-state index contributed by atoms with van der Waals surface area (Å²) >= 11 is 11.6. The van der Waals surface area contributed by atoms with Gasteiger partial charge in [0.05, 0.1) is 5.57 Å². The number of alkyl halides is 2. The number of hydrogen-bond acceptors (Lipinski definition) is 2. The molecular formula is C8H8Cl2N2O3. The van der Waals surface area contributed by atoms with E-state index in [1.165, 1.54) is 19.2 Å². The van der Waals surface area contributed by atoms with Crippen LogP contribution in [0, 0.1) is 0 Å². The second kappa shape index (κ2) is 4.12. The van der Waals surface area contributed by atoms with Crippen LogP contribution in [-0.2, 0) is 4.79 Å². The number of carbonyl (C=O) groups is 2. The lowest BCUT2D eigenvalue weighted by molar-refractivity contribution is -0.132. The molecule has 0 unspecified atom stereocenters. The van der Waals surface area contributed by atoms with E-state index in [0.29, 0.717) is 0 Å². The van der Waals surface area contributed by atoms with Gasteiger partial charge in [-0.25, -0.2) is 9.59 Å². The van der Waals surface area contributed by atoms with Crippen molar-refractivity contribution in [2.45, 2.75) is 4.46 Å². The van der Waals surface area contributed by atoms with Crippen LogP contribution in [-0.4, -0.2) is 33.5 Å². The van der Waals surface area contributed by atoms with Crippen molar-refractivity contribution in [3.8, 4) is 0 Å². The Balaban J connectivity index is 3.05. The van der Waals surface area contributed by atoms with Gasteiger partial charge in [-0.3, -0.25) is 4.90 Å². The number of carbonyl (C=O) groups excluding carboxylic acids is 1. The van der Waals surface area contributed by atoms with E-state index in [0.717, 1.165) is 11.1 Å². The summed E-state index contributed by atoms with van der Waals surface area (Å²) in [7, 11) is 1.39. The molecule has 0 saturated heterocycles. The van der Waals surface area contributed by atoms with E-state index < -0.39 is 16.5 Å². The number of nitrogens with one attached hydrogen (secondary N) is 1. The number of rotatable bonds is 1. The maximum atomic E-state index is 11.3. The monoisotopic (exact) mass is 250 g/mol. The quantitative estimate of drug-likeness (QED) is 0.545. The first-order valence-electron chi connectivity index (χ1n) is 3.91. The molecule has 2 amide bonds. The predicted molar refractivity (Wildman–Crippen MR) is 55.6 cm³/mol. The van der Waals surface area contributed by atoms with E-state index >= 15 is 0 Å². The summed E-state index contributed by atoms with van der Waals surface area (Å²) in [5.74, 6) is -1.16. The Kier molecular flexibility index (Phi) is 3.26. The van der Waals surface area contributed by atoms with Crippen molar-refractivity contribution < 1.29 is 14.7 Å². The van der Waals surface area contributed by atoms with E-state index in [9.17, 15) is 9.59 Å². The second-order valence-corrected chi connectivity index (χ2v) is 4.08. The SMILES string of the molecule is CNC(=O)N1C=C(C(=O)O)C=CC1(Cl)Cl. The molecule has 0 fully saturated rings. The van der Waals surface area contributed by atoms with Crippen molar-refractivity contribution >= 4 is 35.2 Å². The maximum absolute atomic E-state index is 11.3. The molecule has 0 radical (unpaired) electrons. The Hall–Kier alpha value is -1.20. The van der Waals surface area contributed by atoms with Crippen LogP contribution in [0.25, 0.3) is 0 Å². The van der Waals surface area contributed by atoms with Gasteiger partial charge in [0.25, 0.3) is 0 Å². The van der Waals surface area contributed by atoms with Gasteiger partial charge in [-0.05, 0) is 12.2 Å². The van der Waals surface area contributed by atoms with E-state index in [-0.39, 0.29) is 5.57 Å². The molecule has 2 N–H and O–H groups in total. The minimum atomic E-state index is -1.57. The van der Waals surface area contributed by atoms with Gasteiger partial charge in [0.2, 0.25) is 4.46 Å². The molecule has 7 heteroatoms. The van der Waals surface area contributed by atoms with Gasteiger partial charge in [0.15, 0.2) is 0 Å². The molecule has 0 atom stereocenters. The minimum Gasteiger partial charge on any atom is -0.478 e. The topological polar surface area (TPSA) is 69.6 Å². The molecule has 0 aliphatic carbocycles. The van der Waals surface area contributed by atoms with Crippen molar-refractivity contribution in [3.63, 3.8) is 0 Å². The normalized spacial score (nSPS) is 18.3. The number of carboxylic acids is 1. The zero-order valence-electron chi connectivity index (χ0n) is 7.70. The molecule has 0 spiro atoms. The summed E-state index contributed by atoms with van der Waals surface area (Å²) in [6, 6.07) is -0.594. The first-order chi connectivity index (χ1) is 6.88. The highest BCUT2D eigenvalue weighted by molar-refractivity contribution is 6.50. The molecule has 0 aromatic heterocycles. The molecule has 1 aliphatic heterocycles. The number of amides is 2. The highest BCUT2D eigenvalue weighted by Crippen LogP contribution is 2.32. The van der Waals surface area contributed by atoms with Crippen molar-refractivity contribution in [2.75, 3.05) is 7.05 Å². The Morgan fingerprint density at radius 3 is 2.60 bits per heavy atom. The minimum absolute atomic E-state index is 0.0736. The molecule has 0 saturated carbocycles. The third-order valence-corrected chi connectivity index (χ3v) is 2.35. The summed E-state index contributed by atoms with van der Waals surface area (Å²) in [4.78, 5) is 22.9. The van der Waals surface area contributed by atoms with Crippen LogP contribution in [0.2, 0.25) is 0 Å². The van der Waals surface area contributed by atoms with Gasteiger partial charge in [-0.2, -0.15) is 0 Å². The lowest BCUT2D eigenvalue weighted by atomic mass is 10.2. The van der Waals surface area contributed by atoms with Crippen molar-refractivity contribution in [2.24, 2.45) is 0 Å². The summed E-state index contributed by atoms with van der Waals surface area (Å²) < 4.78 is -1.57. The molecule has 5 nitrogen and oxygen atoms in total. The van der Waals surface area contributed by atoms with E-state index in [2.05, 4.69) is 5.32 Å². The maximum Gasteiger partial charge on any atom is 0.337 e. The molecule has 1 rings (SSSR count). The van der Waals surface area contributed by atoms with E-state index in [1.54, 1.807) is 0 Å². The molecule has 1 aliphatic rings. The molecule has 0 bridgehead atoms. The molecule has 15 heavy (non-hydrogen) atoms. The Morgan fingerprint density at radius 2 is 2.13 bits per heavy atom. The molecule has 82 valence electrons. The van der Waals surface area contributed by atoms with Gasteiger partial charge in [-0.1, -0.05) is 23.2 Å². The van der Waals surface area contributed by atoms with Crippen molar-refractivity contribution in [1.29, 1.82) is 0 Å². The van der Waals surface area contributed by atoms with Crippen LogP contribution in [0.5, 0.6) is 0 Å². The third kappa shape index (κ3) is 2.43. The second-order valence-electron chi connectivity index (χ2n) is 2.74. The van der Waals surface area contributed by atoms with Crippen molar-refractivity contribution in [1.82, 2.24) is 10.2 Å². The van der Waals surface area contributed by atoms with Crippen LogP contribution in [0.15, 0.2) is 23.9 Å². The van der Waals surface area contributed by atoms with Gasteiger partial charge in [0.1, 0.15) is 0 Å². The number of urea groups is 1. The summed E-state index contributed by atoms with van der Waals surface area (Å²) in [5.41, 5.74) is -0.0736. The van der Waals surface area contributed by atoms with Crippen LogP contribution in [0.1, 0.15) is 0 Å². The summed E-state index contributed by atoms with van der Waals surface area (Å²) in [6.07, 6.45) is 3.53. The Labute approximate surface area is 95.9 Å². The van der Waals surface area contributed by atoms with Crippen LogP contribution >= 0.6 is 23.2 Å². The fourth-order valence-corrected chi connectivity index (χ4v) is 1.36. The summed E-state index contributed by atoms with van der Waals surface area (Å²) in [5, 5.41) is 11.0. The molecule has 1 heterocycles. The van der Waals surface area contributed by atoms with Gasteiger partial charge in [0, 0.05) is 13.2 Å². The van der Waals surface area contributed by atoms with Crippen molar-refractivity contribution in [3.05, 3.63) is 23.9 Å². The number of carboxylic acid groups (broad SMARTS) is 1. The average Bonchev–Trinajstić information content (AvgIpc) is 2.15. The number of halogens is 2. The average molecular weight is 251 g/mol. The largest absolute Gasteiger partial charge is 0.478 e. The lowest BCUT2D eigenvalue weighted by Gasteiger charge is -2.31. The van der Waals surface area contributed by atoms with Crippen LogP contribution in [0.4, 0.5) is 4.79 Å². The fraction of sp³-hybridized carbons (Fsp3) is 0.250. The van der Waals surface area contributed by atoms with E-state index in [1.807, 2.05) is 0 Å². The number of nitrogens with zero attached hydrogens (tertiary/aromatic N) is 1. The number of aliphatic carboxylic acids is 1. The smallest absolute Gasteiger partial charge is 0.337 e. The van der Waals surface area contributed by atoms with Gasteiger partial charge >= 0.3 is 12.0 Å². The van der Waals surface area contributed by atoms with Gasteiger partial charge < -0.3 is 10.4 Å². The first-order valence-corrected chi connectivity index (χ1v) is 4.67. The molecular weight excluding hydrogens is 243 g/mol. The zero-order chi connectivity index (χ0) is 11.6. The van der Waals surface area contributed by atoms with Crippen LogP contribution in [0.3, 0.4) is 0 Å². The zero-order valence-corrected chi connectivity index (χ0v) is 9.21. The Bertz CT molecular complexity index is 363. The number of hydrogen-bond donors (Lipinski definition) is 2. The standard InChI is InChI=1S/C8H8Cl2N2O3/c1-11-7(15)12-4-5(6(13)14)2-3-8(12,9)10/h2-4H,1H3,(H,11,15)(H,13,14). The highest BCUT2D eigenvalue weighted by Gasteiger charge is 2.35. The predicted octanol–water partition coefficient (Wildman–Crippen LogP) is 1.30. The molecule has 0 aromatic carbocycles. The van der Waals surface area contributed by atoms with E-state index in [4.69, 9.17) is 28.3 Å². The third-order valence-electron chi connectivity index (χ3n) is 1.73. The Morgan fingerprint density at radius 1 is 1.53 bits per heavy atom. The first kappa shape index (κ1) is 11.9. The fourth-order valence-electron chi connectivity index (χ4n) is 0.979. The lowest BCUT2D eigenvalue weighted by Crippen LogP contribution is -2.45.